The number of rotatable bonds is 10. The smallest absolute Gasteiger partial charge is 0.268 e. The number of amides is 2. The summed E-state index contributed by atoms with van der Waals surface area (Å²) in [5, 5.41) is 5.44. The van der Waals surface area contributed by atoms with Crippen molar-refractivity contribution in [1.82, 2.24) is 10.6 Å². The Morgan fingerprint density at radius 1 is 0.853 bits per heavy atom. The molecule has 2 aromatic carbocycles. The predicted molar refractivity (Wildman–Crippen MR) is 125 cm³/mol. The number of hydrogen-bond donors (Lipinski definition) is 2. The molecule has 0 aliphatic carbocycles. The molecule has 0 aliphatic rings. The number of carbonyl (C=O) groups excluding carboxylic acids is 2. The molecule has 9 nitrogen and oxygen atoms in total. The van der Waals surface area contributed by atoms with Crippen LogP contribution in [0.1, 0.15) is 21.7 Å². The van der Waals surface area contributed by atoms with Gasteiger partial charge in [-0.2, -0.15) is 0 Å². The summed E-state index contributed by atoms with van der Waals surface area (Å²) in [6, 6.07) is 13.4. The lowest BCUT2D eigenvalue weighted by Gasteiger charge is -2.13. The molecule has 0 bridgehead atoms. The molecule has 0 saturated carbocycles. The van der Waals surface area contributed by atoms with Crippen molar-refractivity contribution in [3.8, 4) is 23.0 Å². The van der Waals surface area contributed by atoms with E-state index >= 15 is 0 Å². The normalized spacial score (nSPS) is 10.9. The topological polar surface area (TPSA) is 108 Å². The van der Waals surface area contributed by atoms with E-state index in [4.69, 9.17) is 23.4 Å². The summed E-state index contributed by atoms with van der Waals surface area (Å²) in [7, 11) is 6.06. The number of furan rings is 1. The summed E-state index contributed by atoms with van der Waals surface area (Å²) in [5.74, 6) is 1.41. The number of nitrogens with one attached hydrogen (secondary N) is 2. The molecule has 0 saturated heterocycles. The molecule has 0 radical (unpaired) electrons. The van der Waals surface area contributed by atoms with Crippen LogP contribution >= 0.6 is 0 Å². The predicted octanol–water partition coefficient (Wildman–Crippen LogP) is 3.40. The van der Waals surface area contributed by atoms with Crippen molar-refractivity contribution in [2.24, 2.45) is 0 Å². The van der Waals surface area contributed by atoms with Gasteiger partial charge in [0, 0.05) is 18.2 Å². The largest absolute Gasteiger partial charge is 0.493 e. The van der Waals surface area contributed by atoms with Gasteiger partial charge < -0.3 is 34.0 Å². The highest BCUT2D eigenvalue weighted by molar-refractivity contribution is 6.05. The fourth-order valence-electron chi connectivity index (χ4n) is 3.11. The number of carbonyl (C=O) groups is 2. The molecule has 2 N–H and O–H groups in total. The van der Waals surface area contributed by atoms with Crippen molar-refractivity contribution in [2.75, 3.05) is 28.4 Å². The van der Waals surface area contributed by atoms with Gasteiger partial charge in [0.05, 0.1) is 34.7 Å². The Bertz CT molecular complexity index is 1170. The van der Waals surface area contributed by atoms with Crippen molar-refractivity contribution in [3.05, 3.63) is 77.4 Å². The standard InChI is InChI=1S/C25H26N2O7/c1-30-20-9-7-16(12-22(20)32-3)15-26-25(29)19(14-18-6-5-11-34-18)27-24(28)17-8-10-21(31-2)23(13-17)33-4/h5-14H,15H2,1-4H3,(H,26,29)(H,27,28)/b19-14-. The van der Waals surface area contributed by atoms with Crippen molar-refractivity contribution >= 4 is 17.9 Å². The molecule has 1 heterocycles. The number of ether oxygens (including phenoxy) is 4. The van der Waals surface area contributed by atoms with Crippen LogP contribution < -0.4 is 29.6 Å². The third-order valence-electron chi connectivity index (χ3n) is 4.87. The second kappa shape index (κ2) is 11.5. The zero-order valence-corrected chi connectivity index (χ0v) is 19.3. The molecular weight excluding hydrogens is 440 g/mol. The van der Waals surface area contributed by atoms with Gasteiger partial charge in [0.2, 0.25) is 0 Å². The summed E-state index contributed by atoms with van der Waals surface area (Å²) in [5.41, 5.74) is 1.08. The van der Waals surface area contributed by atoms with E-state index in [1.165, 1.54) is 39.7 Å². The summed E-state index contributed by atoms with van der Waals surface area (Å²) < 4.78 is 26.3. The average Bonchev–Trinajstić information content (AvgIpc) is 3.39. The molecular formula is C25H26N2O7. The fourth-order valence-corrected chi connectivity index (χ4v) is 3.11. The van der Waals surface area contributed by atoms with Gasteiger partial charge in [0.15, 0.2) is 23.0 Å². The van der Waals surface area contributed by atoms with Crippen LogP contribution in [0.25, 0.3) is 6.08 Å². The van der Waals surface area contributed by atoms with E-state index in [0.29, 0.717) is 28.8 Å². The molecule has 9 heteroatoms. The van der Waals surface area contributed by atoms with Gasteiger partial charge >= 0.3 is 0 Å². The molecule has 34 heavy (non-hydrogen) atoms. The van der Waals surface area contributed by atoms with E-state index in [2.05, 4.69) is 10.6 Å². The minimum atomic E-state index is -0.500. The van der Waals surface area contributed by atoms with Gasteiger partial charge in [-0.05, 0) is 48.0 Å². The maximum Gasteiger partial charge on any atom is 0.268 e. The monoisotopic (exact) mass is 466 g/mol. The molecule has 178 valence electrons. The van der Waals surface area contributed by atoms with Crippen LogP contribution in [0.2, 0.25) is 0 Å². The van der Waals surface area contributed by atoms with Crippen LogP contribution in [0, 0.1) is 0 Å². The molecule has 0 spiro atoms. The number of benzene rings is 2. The summed E-state index contributed by atoms with van der Waals surface area (Å²) in [6.45, 7) is 0.195. The molecule has 2 amide bonds. The minimum Gasteiger partial charge on any atom is -0.493 e. The lowest BCUT2D eigenvalue weighted by atomic mass is 10.1. The Labute approximate surface area is 197 Å². The van der Waals surface area contributed by atoms with Gasteiger partial charge in [-0.3, -0.25) is 9.59 Å². The maximum absolute atomic E-state index is 13.0. The van der Waals surface area contributed by atoms with Gasteiger partial charge in [-0.25, -0.2) is 0 Å². The van der Waals surface area contributed by atoms with Crippen molar-refractivity contribution in [1.29, 1.82) is 0 Å². The Balaban J connectivity index is 1.78. The van der Waals surface area contributed by atoms with Crippen molar-refractivity contribution < 1.29 is 33.0 Å². The van der Waals surface area contributed by atoms with Gasteiger partial charge in [-0.1, -0.05) is 6.07 Å². The lowest BCUT2D eigenvalue weighted by molar-refractivity contribution is -0.117. The van der Waals surface area contributed by atoms with Crippen LogP contribution in [0.4, 0.5) is 0 Å². The lowest BCUT2D eigenvalue weighted by Crippen LogP contribution is -2.34. The summed E-state index contributed by atoms with van der Waals surface area (Å²) >= 11 is 0. The first-order valence-electron chi connectivity index (χ1n) is 10.3. The summed E-state index contributed by atoms with van der Waals surface area (Å²) in [4.78, 5) is 25.9. The average molecular weight is 466 g/mol. The second-order valence-corrected chi connectivity index (χ2v) is 6.97. The first-order chi connectivity index (χ1) is 16.5. The molecule has 1 aromatic heterocycles. The van der Waals surface area contributed by atoms with E-state index in [1.807, 2.05) is 0 Å². The van der Waals surface area contributed by atoms with Crippen LogP contribution in [0.5, 0.6) is 23.0 Å². The first-order valence-corrected chi connectivity index (χ1v) is 10.3. The molecule has 0 unspecified atom stereocenters. The Hall–Kier alpha value is -4.40. The van der Waals surface area contributed by atoms with E-state index in [0.717, 1.165) is 5.56 Å². The Kier molecular flexibility index (Phi) is 8.17. The SMILES string of the molecule is COc1ccc(CNC(=O)/C(=C/c2ccco2)NC(=O)c2ccc(OC)c(OC)c2)cc1OC. The highest BCUT2D eigenvalue weighted by Gasteiger charge is 2.17. The van der Waals surface area contributed by atoms with Crippen molar-refractivity contribution in [3.63, 3.8) is 0 Å². The van der Waals surface area contributed by atoms with E-state index in [9.17, 15) is 9.59 Å². The second-order valence-electron chi connectivity index (χ2n) is 6.97. The van der Waals surface area contributed by atoms with Gasteiger partial charge in [0.1, 0.15) is 11.5 Å². The molecule has 3 aromatic rings. The van der Waals surface area contributed by atoms with Crippen molar-refractivity contribution in [2.45, 2.75) is 6.54 Å². The van der Waals surface area contributed by atoms with E-state index < -0.39 is 11.8 Å². The Morgan fingerprint density at radius 3 is 2.12 bits per heavy atom. The van der Waals surface area contributed by atoms with Crippen LogP contribution in [-0.4, -0.2) is 40.3 Å². The molecule has 3 rings (SSSR count). The highest BCUT2D eigenvalue weighted by Crippen LogP contribution is 2.28. The molecule has 0 fully saturated rings. The summed E-state index contributed by atoms with van der Waals surface area (Å²) in [6.07, 6.45) is 2.92. The van der Waals surface area contributed by atoms with Gasteiger partial charge in [-0.15, -0.1) is 0 Å². The molecule has 0 aliphatic heterocycles. The van der Waals surface area contributed by atoms with Crippen LogP contribution in [0.3, 0.4) is 0 Å². The number of hydrogen-bond acceptors (Lipinski definition) is 7. The third-order valence-corrected chi connectivity index (χ3v) is 4.87. The van der Waals surface area contributed by atoms with Gasteiger partial charge in [0.25, 0.3) is 11.8 Å². The minimum absolute atomic E-state index is 0.00946. The third kappa shape index (κ3) is 5.89. The Morgan fingerprint density at radius 2 is 1.50 bits per heavy atom. The maximum atomic E-state index is 13.0. The fraction of sp³-hybridized carbons (Fsp3) is 0.200. The zero-order valence-electron chi connectivity index (χ0n) is 19.3. The first kappa shape index (κ1) is 24.2. The quantitative estimate of drug-likeness (QED) is 0.441. The van der Waals surface area contributed by atoms with Crippen LogP contribution in [-0.2, 0) is 11.3 Å². The zero-order chi connectivity index (χ0) is 24.5. The van der Waals surface area contributed by atoms with E-state index in [-0.39, 0.29) is 17.8 Å². The number of methoxy groups -OCH3 is 4. The van der Waals surface area contributed by atoms with E-state index in [1.54, 1.807) is 49.6 Å². The molecule has 0 atom stereocenters. The van der Waals surface area contributed by atoms with Crippen LogP contribution in [0.15, 0.2) is 64.9 Å². The highest BCUT2D eigenvalue weighted by atomic mass is 16.5.